The standard InChI is InChI=1S/C10H17F3N2O3/c1-18-8(16)5-3-2-4-6-14-9(17)15-7-10(11,12)13/h2-7H2,1H3,(H2,14,15,17). The number of alkyl halides is 3. The SMILES string of the molecule is COC(=O)CCCCCNC(=O)NCC(F)(F)F. The molecule has 8 heteroatoms. The van der Waals surface area contributed by atoms with Crippen LogP contribution in [0.25, 0.3) is 0 Å². The van der Waals surface area contributed by atoms with E-state index in [1.165, 1.54) is 7.11 Å². The number of hydrogen-bond donors (Lipinski definition) is 2. The van der Waals surface area contributed by atoms with Gasteiger partial charge in [-0.1, -0.05) is 6.42 Å². The van der Waals surface area contributed by atoms with Gasteiger partial charge in [-0.2, -0.15) is 13.2 Å². The summed E-state index contributed by atoms with van der Waals surface area (Å²) in [5.74, 6) is -0.300. The predicted octanol–water partition coefficient (Wildman–Crippen LogP) is 1.58. The molecule has 0 aliphatic carbocycles. The summed E-state index contributed by atoms with van der Waals surface area (Å²) in [5.41, 5.74) is 0. The number of rotatable bonds is 7. The quantitative estimate of drug-likeness (QED) is 0.545. The lowest BCUT2D eigenvalue weighted by Crippen LogP contribution is -2.41. The Kier molecular flexibility index (Phi) is 7.89. The minimum atomic E-state index is -4.40. The third-order valence-corrected chi connectivity index (χ3v) is 2.02. The fourth-order valence-electron chi connectivity index (χ4n) is 1.12. The zero-order chi connectivity index (χ0) is 14.0. The van der Waals surface area contributed by atoms with E-state index in [1.54, 1.807) is 5.32 Å². The molecule has 0 aliphatic heterocycles. The molecule has 5 nitrogen and oxygen atoms in total. The minimum absolute atomic E-state index is 0.269. The molecule has 0 atom stereocenters. The van der Waals surface area contributed by atoms with Gasteiger partial charge in [-0.3, -0.25) is 4.79 Å². The first-order valence-corrected chi connectivity index (χ1v) is 5.50. The molecule has 18 heavy (non-hydrogen) atoms. The molecule has 0 unspecified atom stereocenters. The number of esters is 1. The molecular formula is C10H17F3N2O3. The van der Waals surface area contributed by atoms with Crippen molar-refractivity contribution in [3.8, 4) is 0 Å². The van der Waals surface area contributed by atoms with Gasteiger partial charge in [0.25, 0.3) is 0 Å². The summed E-state index contributed by atoms with van der Waals surface area (Å²) >= 11 is 0. The van der Waals surface area contributed by atoms with Crippen LogP contribution in [0.2, 0.25) is 0 Å². The van der Waals surface area contributed by atoms with E-state index >= 15 is 0 Å². The Morgan fingerprint density at radius 2 is 1.78 bits per heavy atom. The summed E-state index contributed by atoms with van der Waals surface area (Å²) in [6, 6.07) is -0.847. The summed E-state index contributed by atoms with van der Waals surface area (Å²) in [4.78, 5) is 21.6. The summed E-state index contributed by atoms with van der Waals surface area (Å²) in [6.07, 6.45) is -2.20. The van der Waals surface area contributed by atoms with E-state index in [0.29, 0.717) is 25.7 Å². The second-order valence-corrected chi connectivity index (χ2v) is 3.61. The van der Waals surface area contributed by atoms with E-state index in [1.807, 2.05) is 0 Å². The van der Waals surface area contributed by atoms with Gasteiger partial charge in [-0.15, -0.1) is 0 Å². The molecule has 0 fully saturated rings. The highest BCUT2D eigenvalue weighted by molar-refractivity contribution is 5.73. The van der Waals surface area contributed by atoms with E-state index in [4.69, 9.17) is 0 Å². The van der Waals surface area contributed by atoms with Crippen molar-refractivity contribution in [2.45, 2.75) is 31.9 Å². The maximum atomic E-state index is 11.7. The molecule has 2 amide bonds. The predicted molar refractivity (Wildman–Crippen MR) is 57.9 cm³/mol. The molecule has 0 aliphatic rings. The number of halogens is 3. The van der Waals surface area contributed by atoms with Crippen LogP contribution in [0, 0.1) is 0 Å². The first-order valence-electron chi connectivity index (χ1n) is 5.50. The van der Waals surface area contributed by atoms with Crippen molar-refractivity contribution in [3.63, 3.8) is 0 Å². The minimum Gasteiger partial charge on any atom is -0.469 e. The van der Waals surface area contributed by atoms with Crippen molar-refractivity contribution in [1.29, 1.82) is 0 Å². The van der Waals surface area contributed by atoms with E-state index in [2.05, 4.69) is 10.1 Å². The van der Waals surface area contributed by atoms with Crippen LogP contribution in [0.1, 0.15) is 25.7 Å². The second kappa shape index (κ2) is 8.60. The molecule has 0 rings (SSSR count). The van der Waals surface area contributed by atoms with Crippen molar-refractivity contribution < 1.29 is 27.5 Å². The Hall–Kier alpha value is -1.47. The zero-order valence-electron chi connectivity index (χ0n) is 10.1. The van der Waals surface area contributed by atoms with Gasteiger partial charge in [0.1, 0.15) is 6.54 Å². The number of hydrogen-bond acceptors (Lipinski definition) is 3. The van der Waals surface area contributed by atoms with E-state index in [0.717, 1.165) is 0 Å². The molecule has 106 valence electrons. The Bertz CT molecular complexity index is 270. The van der Waals surface area contributed by atoms with Crippen molar-refractivity contribution in [3.05, 3.63) is 0 Å². The van der Waals surface area contributed by atoms with Crippen LogP contribution >= 0.6 is 0 Å². The number of ether oxygens (including phenoxy) is 1. The monoisotopic (exact) mass is 270 g/mol. The van der Waals surface area contributed by atoms with Gasteiger partial charge >= 0.3 is 18.2 Å². The van der Waals surface area contributed by atoms with Crippen molar-refractivity contribution in [1.82, 2.24) is 10.6 Å². The summed E-state index contributed by atoms with van der Waals surface area (Å²) in [7, 11) is 1.30. The average Bonchev–Trinajstić information content (AvgIpc) is 2.29. The number of nitrogens with one attached hydrogen (secondary N) is 2. The van der Waals surface area contributed by atoms with E-state index in [-0.39, 0.29) is 12.5 Å². The number of carbonyl (C=O) groups is 2. The van der Waals surface area contributed by atoms with Crippen LogP contribution in [0.5, 0.6) is 0 Å². The lowest BCUT2D eigenvalue weighted by molar-refractivity contribution is -0.140. The third kappa shape index (κ3) is 11.0. The lowest BCUT2D eigenvalue weighted by atomic mass is 10.2. The molecule has 0 saturated carbocycles. The van der Waals surface area contributed by atoms with Gasteiger partial charge in [0, 0.05) is 13.0 Å². The van der Waals surface area contributed by atoms with Crippen molar-refractivity contribution >= 4 is 12.0 Å². The smallest absolute Gasteiger partial charge is 0.405 e. The number of carbonyl (C=O) groups excluding carboxylic acids is 2. The van der Waals surface area contributed by atoms with Gasteiger partial charge in [0.15, 0.2) is 0 Å². The first-order chi connectivity index (χ1) is 8.35. The van der Waals surface area contributed by atoms with E-state index in [9.17, 15) is 22.8 Å². The summed E-state index contributed by atoms with van der Waals surface area (Å²) in [5, 5.41) is 3.98. The maximum Gasteiger partial charge on any atom is 0.405 e. The number of urea groups is 1. The molecule has 0 aromatic heterocycles. The Balaban J connectivity index is 3.38. The summed E-state index contributed by atoms with van der Waals surface area (Å²) < 4.78 is 39.6. The van der Waals surface area contributed by atoms with Gasteiger partial charge < -0.3 is 15.4 Å². The normalized spacial score (nSPS) is 10.9. The van der Waals surface area contributed by atoms with Crippen molar-refractivity contribution in [2.75, 3.05) is 20.2 Å². The highest BCUT2D eigenvalue weighted by Gasteiger charge is 2.27. The topological polar surface area (TPSA) is 67.4 Å². The average molecular weight is 270 g/mol. The number of methoxy groups -OCH3 is 1. The Morgan fingerprint density at radius 3 is 2.33 bits per heavy atom. The van der Waals surface area contributed by atoms with Gasteiger partial charge in [0.05, 0.1) is 7.11 Å². The third-order valence-electron chi connectivity index (χ3n) is 2.02. The number of unbranched alkanes of at least 4 members (excludes halogenated alkanes) is 2. The first kappa shape index (κ1) is 16.5. The second-order valence-electron chi connectivity index (χ2n) is 3.61. The highest BCUT2D eigenvalue weighted by Crippen LogP contribution is 2.11. The number of amides is 2. The molecule has 0 saturated heterocycles. The van der Waals surface area contributed by atoms with Crippen LogP contribution in [0.3, 0.4) is 0 Å². The van der Waals surface area contributed by atoms with Crippen LogP contribution in [0.15, 0.2) is 0 Å². The maximum absolute atomic E-state index is 11.7. The molecule has 2 N–H and O–H groups in total. The molecular weight excluding hydrogens is 253 g/mol. The van der Waals surface area contributed by atoms with E-state index < -0.39 is 18.8 Å². The fraction of sp³-hybridized carbons (Fsp3) is 0.800. The van der Waals surface area contributed by atoms with Crippen LogP contribution in [-0.4, -0.2) is 38.4 Å². The fourth-order valence-corrected chi connectivity index (χ4v) is 1.12. The summed E-state index contributed by atoms with van der Waals surface area (Å²) in [6.45, 7) is -1.08. The zero-order valence-corrected chi connectivity index (χ0v) is 10.1. The molecule has 0 spiro atoms. The van der Waals surface area contributed by atoms with Crippen molar-refractivity contribution in [2.24, 2.45) is 0 Å². The molecule has 0 aromatic carbocycles. The van der Waals surface area contributed by atoms with Gasteiger partial charge in [-0.25, -0.2) is 4.79 Å². The van der Waals surface area contributed by atoms with Crippen LogP contribution in [0.4, 0.5) is 18.0 Å². The van der Waals surface area contributed by atoms with Gasteiger partial charge in [0.2, 0.25) is 0 Å². The molecule has 0 heterocycles. The highest BCUT2D eigenvalue weighted by atomic mass is 19.4. The van der Waals surface area contributed by atoms with Crippen LogP contribution in [-0.2, 0) is 9.53 Å². The molecule has 0 bridgehead atoms. The largest absolute Gasteiger partial charge is 0.469 e. The molecule has 0 radical (unpaired) electrons. The Morgan fingerprint density at radius 1 is 1.11 bits per heavy atom. The van der Waals surface area contributed by atoms with Gasteiger partial charge in [-0.05, 0) is 12.8 Å². The lowest BCUT2D eigenvalue weighted by Gasteiger charge is -2.09. The van der Waals surface area contributed by atoms with Crippen LogP contribution < -0.4 is 10.6 Å². The Labute approximate surface area is 103 Å². The molecule has 0 aromatic rings.